The second-order valence-corrected chi connectivity index (χ2v) is 6.60. The third-order valence-electron chi connectivity index (χ3n) is 4.82. The molecule has 0 unspecified atom stereocenters. The smallest absolute Gasteiger partial charge is 0.226 e. The molecular weight excluding hydrogens is 300 g/mol. The maximum absolute atomic E-state index is 12.7. The number of nitrogens with one attached hydrogen (secondary N) is 1. The average molecular weight is 319 g/mol. The highest BCUT2D eigenvalue weighted by Crippen LogP contribution is 2.30. The number of halogens is 1. The fourth-order valence-electron chi connectivity index (χ4n) is 3.59. The molecule has 0 spiro atoms. The first kappa shape index (κ1) is 14.1. The topological polar surface area (TPSA) is 45.3 Å². The van der Waals surface area contributed by atoms with Crippen molar-refractivity contribution in [2.24, 2.45) is 5.92 Å². The number of aromatic amines is 1. The first-order valence-electron chi connectivity index (χ1n) is 7.88. The molecule has 1 aromatic heterocycles. The van der Waals surface area contributed by atoms with E-state index in [1.54, 1.807) is 0 Å². The Morgan fingerprint density at radius 3 is 2.95 bits per heavy atom. The van der Waals surface area contributed by atoms with Gasteiger partial charge in [-0.3, -0.25) is 4.79 Å². The molecule has 0 radical (unpaired) electrons. The molecule has 4 rings (SSSR count). The lowest BCUT2D eigenvalue weighted by Crippen LogP contribution is -2.41. The summed E-state index contributed by atoms with van der Waals surface area (Å²) in [5.74, 6) is 0.423. The zero-order valence-corrected chi connectivity index (χ0v) is 13.2. The van der Waals surface area contributed by atoms with Crippen LogP contribution in [0.4, 0.5) is 0 Å². The van der Waals surface area contributed by atoms with Crippen LogP contribution < -0.4 is 0 Å². The third-order valence-corrected chi connectivity index (χ3v) is 5.05. The van der Waals surface area contributed by atoms with Crippen LogP contribution in [0.5, 0.6) is 0 Å². The summed E-state index contributed by atoms with van der Waals surface area (Å²) in [4.78, 5) is 18.2. The van der Waals surface area contributed by atoms with E-state index in [0.29, 0.717) is 19.8 Å². The van der Waals surface area contributed by atoms with Crippen LogP contribution in [0.2, 0.25) is 5.02 Å². The van der Waals surface area contributed by atoms with Gasteiger partial charge in [0.2, 0.25) is 5.91 Å². The average Bonchev–Trinajstić information content (AvgIpc) is 2.91. The molecule has 0 aliphatic carbocycles. The number of hydrogen-bond acceptors (Lipinski definition) is 2. The molecule has 3 heterocycles. The first-order chi connectivity index (χ1) is 10.7. The zero-order valence-electron chi connectivity index (χ0n) is 12.4. The highest BCUT2D eigenvalue weighted by molar-refractivity contribution is 6.31. The number of nitrogens with zero attached hydrogens (tertiary/aromatic N) is 1. The quantitative estimate of drug-likeness (QED) is 0.878. The van der Waals surface area contributed by atoms with Gasteiger partial charge in [-0.2, -0.15) is 0 Å². The predicted molar refractivity (Wildman–Crippen MR) is 86.0 cm³/mol. The Morgan fingerprint density at radius 2 is 2.14 bits per heavy atom. The van der Waals surface area contributed by atoms with E-state index < -0.39 is 0 Å². The van der Waals surface area contributed by atoms with Crippen molar-refractivity contribution in [3.8, 4) is 0 Å². The number of carbonyl (C=O) groups is 1. The van der Waals surface area contributed by atoms with E-state index in [1.165, 1.54) is 16.6 Å². The molecule has 2 aliphatic heterocycles. The number of fused-ring (bicyclic) bond motifs is 3. The van der Waals surface area contributed by atoms with Gasteiger partial charge >= 0.3 is 0 Å². The van der Waals surface area contributed by atoms with Gasteiger partial charge in [0.15, 0.2) is 0 Å². The van der Waals surface area contributed by atoms with Crippen LogP contribution in [-0.4, -0.2) is 35.5 Å². The molecular formula is C17H19ClN2O2. The number of ether oxygens (including phenoxy) is 1. The summed E-state index contributed by atoms with van der Waals surface area (Å²) >= 11 is 6.07. The Hall–Kier alpha value is -1.52. The lowest BCUT2D eigenvalue weighted by molar-refractivity contribution is -0.139. The van der Waals surface area contributed by atoms with Crippen molar-refractivity contribution in [1.82, 2.24) is 9.88 Å². The molecule has 2 aliphatic rings. The number of hydrogen-bond donors (Lipinski definition) is 1. The standard InChI is InChI=1S/C17H19ClN2O2/c18-12-1-2-13-14-10-20(6-3-15(14)19-16(13)9-12)17(21)11-4-7-22-8-5-11/h1-2,9,11,19H,3-8,10H2. The molecule has 5 heteroatoms. The maximum atomic E-state index is 12.7. The summed E-state index contributed by atoms with van der Waals surface area (Å²) < 4.78 is 5.36. The molecule has 1 saturated heterocycles. The van der Waals surface area contributed by atoms with Gasteiger partial charge in [0.1, 0.15) is 0 Å². The van der Waals surface area contributed by atoms with E-state index in [0.717, 1.165) is 36.3 Å². The molecule has 0 atom stereocenters. The van der Waals surface area contributed by atoms with Crippen molar-refractivity contribution in [2.45, 2.75) is 25.8 Å². The monoisotopic (exact) mass is 318 g/mol. The number of amides is 1. The fourth-order valence-corrected chi connectivity index (χ4v) is 3.76. The van der Waals surface area contributed by atoms with Gasteiger partial charge in [-0.15, -0.1) is 0 Å². The van der Waals surface area contributed by atoms with E-state index in [-0.39, 0.29) is 11.8 Å². The largest absolute Gasteiger partial charge is 0.381 e. The normalized spacial score (nSPS) is 19.4. The zero-order chi connectivity index (χ0) is 15.1. The highest BCUT2D eigenvalue weighted by atomic mass is 35.5. The van der Waals surface area contributed by atoms with Gasteiger partial charge < -0.3 is 14.6 Å². The first-order valence-corrected chi connectivity index (χ1v) is 8.25. The minimum absolute atomic E-state index is 0.134. The molecule has 0 bridgehead atoms. The molecule has 116 valence electrons. The third kappa shape index (κ3) is 2.40. The highest BCUT2D eigenvalue weighted by Gasteiger charge is 2.30. The van der Waals surface area contributed by atoms with Crippen LogP contribution >= 0.6 is 11.6 Å². The van der Waals surface area contributed by atoms with Gasteiger partial charge in [0.25, 0.3) is 0 Å². The molecule has 1 aromatic carbocycles. The Morgan fingerprint density at radius 1 is 1.32 bits per heavy atom. The van der Waals surface area contributed by atoms with Gasteiger partial charge in [0, 0.05) is 65.8 Å². The molecule has 2 aromatic rings. The van der Waals surface area contributed by atoms with Crippen molar-refractivity contribution in [3.63, 3.8) is 0 Å². The molecule has 1 amide bonds. The van der Waals surface area contributed by atoms with E-state index in [9.17, 15) is 4.79 Å². The van der Waals surface area contributed by atoms with Crippen molar-refractivity contribution < 1.29 is 9.53 Å². The number of carbonyl (C=O) groups excluding carboxylic acids is 1. The Kier molecular flexibility index (Phi) is 3.59. The number of aromatic nitrogens is 1. The van der Waals surface area contributed by atoms with Crippen molar-refractivity contribution in [3.05, 3.63) is 34.5 Å². The Bertz CT molecular complexity index is 719. The molecule has 1 N–H and O–H groups in total. The number of H-pyrrole nitrogens is 1. The van der Waals surface area contributed by atoms with Crippen LogP contribution in [0.3, 0.4) is 0 Å². The van der Waals surface area contributed by atoms with Crippen LogP contribution in [0.25, 0.3) is 10.9 Å². The lowest BCUT2D eigenvalue weighted by Gasteiger charge is -2.32. The van der Waals surface area contributed by atoms with Crippen molar-refractivity contribution in [1.29, 1.82) is 0 Å². The van der Waals surface area contributed by atoms with E-state index >= 15 is 0 Å². The second kappa shape index (κ2) is 5.60. The van der Waals surface area contributed by atoms with Gasteiger partial charge in [-0.25, -0.2) is 0 Å². The predicted octanol–water partition coefficient (Wildman–Crippen LogP) is 3.13. The summed E-state index contributed by atoms with van der Waals surface area (Å²) in [5, 5.41) is 1.92. The fraction of sp³-hybridized carbons (Fsp3) is 0.471. The number of benzene rings is 1. The van der Waals surface area contributed by atoms with Gasteiger partial charge in [-0.05, 0) is 25.0 Å². The molecule has 0 saturated carbocycles. The van der Waals surface area contributed by atoms with Crippen molar-refractivity contribution >= 4 is 28.4 Å². The van der Waals surface area contributed by atoms with Gasteiger partial charge in [0.05, 0.1) is 0 Å². The Labute approximate surface area is 134 Å². The summed E-state index contributed by atoms with van der Waals surface area (Å²) in [6, 6.07) is 5.92. The van der Waals surface area contributed by atoms with E-state index in [4.69, 9.17) is 16.3 Å². The summed E-state index contributed by atoms with van der Waals surface area (Å²) in [6.07, 6.45) is 2.59. The number of rotatable bonds is 1. The summed E-state index contributed by atoms with van der Waals surface area (Å²) in [6.45, 7) is 2.92. The lowest BCUT2D eigenvalue weighted by atomic mass is 9.96. The summed E-state index contributed by atoms with van der Waals surface area (Å²) in [7, 11) is 0. The van der Waals surface area contributed by atoms with E-state index in [2.05, 4.69) is 11.1 Å². The SMILES string of the molecule is O=C(C1CCOCC1)N1CCc2[nH]c3cc(Cl)ccc3c2C1. The van der Waals surface area contributed by atoms with Crippen molar-refractivity contribution in [2.75, 3.05) is 19.8 Å². The van der Waals surface area contributed by atoms with E-state index in [1.807, 2.05) is 17.0 Å². The maximum Gasteiger partial charge on any atom is 0.226 e. The minimum Gasteiger partial charge on any atom is -0.381 e. The van der Waals surface area contributed by atoms with Crippen LogP contribution in [-0.2, 0) is 22.5 Å². The minimum atomic E-state index is 0.134. The molecule has 4 nitrogen and oxygen atoms in total. The van der Waals surface area contributed by atoms with Crippen LogP contribution in [0.1, 0.15) is 24.1 Å². The van der Waals surface area contributed by atoms with Gasteiger partial charge in [-0.1, -0.05) is 17.7 Å². The van der Waals surface area contributed by atoms with Crippen LogP contribution in [0, 0.1) is 5.92 Å². The molecule has 22 heavy (non-hydrogen) atoms. The molecule has 1 fully saturated rings. The Balaban J connectivity index is 1.60. The second-order valence-electron chi connectivity index (χ2n) is 6.17. The summed E-state index contributed by atoms with van der Waals surface area (Å²) in [5.41, 5.74) is 3.56. The van der Waals surface area contributed by atoms with Crippen LogP contribution in [0.15, 0.2) is 18.2 Å².